The Hall–Kier alpha value is -2.36. The summed E-state index contributed by atoms with van der Waals surface area (Å²) >= 11 is 0. The number of halogens is 1. The van der Waals surface area contributed by atoms with Crippen molar-refractivity contribution < 1.29 is 13.5 Å². The van der Waals surface area contributed by atoms with Crippen molar-refractivity contribution in [2.24, 2.45) is 0 Å². The van der Waals surface area contributed by atoms with Crippen molar-refractivity contribution in [3.05, 3.63) is 65.0 Å². The highest BCUT2D eigenvalue weighted by Crippen LogP contribution is 2.25. The van der Waals surface area contributed by atoms with Crippen LogP contribution in [0.1, 0.15) is 51.2 Å². The van der Waals surface area contributed by atoms with Crippen LogP contribution in [-0.4, -0.2) is 6.61 Å². The molecule has 0 saturated heterocycles. The second-order valence-electron chi connectivity index (χ2n) is 6.27. The molecule has 1 heterocycles. The molecule has 1 aromatic carbocycles. The fraction of sp³-hybridized carbons (Fsp3) is 0.409. The van der Waals surface area contributed by atoms with Crippen LogP contribution in [0.5, 0.6) is 5.75 Å². The number of allylic oxidation sites excluding steroid dienone is 2. The highest BCUT2D eigenvalue weighted by atomic mass is 19.1. The fourth-order valence-electron chi connectivity index (χ4n) is 2.74. The van der Waals surface area contributed by atoms with Crippen molar-refractivity contribution in [3.8, 4) is 5.75 Å². The molecule has 0 aliphatic heterocycles. The van der Waals surface area contributed by atoms with Gasteiger partial charge in [0, 0.05) is 6.42 Å². The Kier molecular flexibility index (Phi) is 8.13. The van der Waals surface area contributed by atoms with Gasteiger partial charge in [-0.05, 0) is 43.2 Å². The molecule has 2 aromatic rings. The Morgan fingerprint density at radius 2 is 2.00 bits per heavy atom. The van der Waals surface area contributed by atoms with Crippen LogP contribution in [0.3, 0.4) is 0 Å². The monoisotopic (exact) mass is 358 g/mol. The second kappa shape index (κ2) is 10.6. The summed E-state index contributed by atoms with van der Waals surface area (Å²) in [7, 11) is 0. The lowest BCUT2D eigenvalue weighted by molar-refractivity contribution is 0.309. The number of rotatable bonds is 11. The summed E-state index contributed by atoms with van der Waals surface area (Å²) in [6.07, 6.45) is 12.3. The third-order valence-corrected chi connectivity index (χ3v) is 4.16. The van der Waals surface area contributed by atoms with E-state index in [1.807, 2.05) is 12.2 Å². The first-order valence-corrected chi connectivity index (χ1v) is 9.31. The van der Waals surface area contributed by atoms with Crippen molar-refractivity contribution in [3.63, 3.8) is 0 Å². The SMILES string of the molecule is C=CCC/C=C/CCOc1ccc2cc(CCCCC)oc(=O)c2c1F. The average Bonchev–Trinajstić information content (AvgIpc) is 2.62. The number of benzene rings is 1. The van der Waals surface area contributed by atoms with Crippen LogP contribution >= 0.6 is 0 Å². The minimum Gasteiger partial charge on any atom is -0.490 e. The lowest BCUT2D eigenvalue weighted by Crippen LogP contribution is -2.07. The van der Waals surface area contributed by atoms with Crippen LogP contribution in [0.15, 0.2) is 52.2 Å². The third-order valence-electron chi connectivity index (χ3n) is 4.16. The van der Waals surface area contributed by atoms with E-state index in [1.54, 1.807) is 18.2 Å². The number of aryl methyl sites for hydroxylation is 1. The molecule has 0 atom stereocenters. The average molecular weight is 358 g/mol. The molecule has 4 heteroatoms. The van der Waals surface area contributed by atoms with E-state index in [4.69, 9.17) is 9.15 Å². The molecular formula is C22H27FO3. The molecule has 0 aliphatic carbocycles. The molecule has 0 bridgehead atoms. The van der Waals surface area contributed by atoms with Gasteiger partial charge in [0.15, 0.2) is 11.6 Å². The first-order valence-electron chi connectivity index (χ1n) is 9.31. The summed E-state index contributed by atoms with van der Waals surface area (Å²) in [6, 6.07) is 5.05. The topological polar surface area (TPSA) is 39.4 Å². The van der Waals surface area contributed by atoms with Gasteiger partial charge in [0.1, 0.15) is 11.1 Å². The normalized spacial score (nSPS) is 11.3. The van der Waals surface area contributed by atoms with Crippen molar-refractivity contribution in [1.82, 2.24) is 0 Å². The van der Waals surface area contributed by atoms with Gasteiger partial charge in [0.2, 0.25) is 0 Å². The number of unbranched alkanes of at least 4 members (excludes halogenated alkanes) is 3. The highest BCUT2D eigenvalue weighted by Gasteiger charge is 2.14. The molecule has 0 fully saturated rings. The Morgan fingerprint density at radius 3 is 2.77 bits per heavy atom. The first-order chi connectivity index (χ1) is 12.7. The van der Waals surface area contributed by atoms with Crippen LogP contribution in [-0.2, 0) is 6.42 Å². The smallest absolute Gasteiger partial charge is 0.346 e. The maximum Gasteiger partial charge on any atom is 0.346 e. The van der Waals surface area contributed by atoms with E-state index in [1.165, 1.54) is 0 Å². The Bertz CT molecular complexity index is 805. The van der Waals surface area contributed by atoms with Crippen LogP contribution in [0.2, 0.25) is 0 Å². The molecule has 140 valence electrons. The van der Waals surface area contributed by atoms with E-state index < -0.39 is 11.4 Å². The summed E-state index contributed by atoms with van der Waals surface area (Å²) in [4.78, 5) is 12.2. The molecule has 0 radical (unpaired) electrons. The van der Waals surface area contributed by atoms with E-state index in [-0.39, 0.29) is 11.1 Å². The lowest BCUT2D eigenvalue weighted by atomic mass is 10.1. The Labute approximate surface area is 154 Å². The van der Waals surface area contributed by atoms with Gasteiger partial charge in [-0.1, -0.05) is 44.1 Å². The van der Waals surface area contributed by atoms with Crippen molar-refractivity contribution >= 4 is 10.8 Å². The molecule has 26 heavy (non-hydrogen) atoms. The van der Waals surface area contributed by atoms with E-state index in [2.05, 4.69) is 19.6 Å². The van der Waals surface area contributed by atoms with E-state index in [0.29, 0.717) is 30.6 Å². The zero-order chi connectivity index (χ0) is 18.8. The number of fused-ring (bicyclic) bond motifs is 1. The van der Waals surface area contributed by atoms with Crippen LogP contribution in [0.25, 0.3) is 10.8 Å². The van der Waals surface area contributed by atoms with E-state index in [0.717, 1.165) is 32.1 Å². The predicted molar refractivity (Wildman–Crippen MR) is 104 cm³/mol. The molecule has 0 N–H and O–H groups in total. The molecule has 2 rings (SSSR count). The van der Waals surface area contributed by atoms with Gasteiger partial charge in [-0.2, -0.15) is 0 Å². The maximum atomic E-state index is 14.6. The number of hydrogen-bond acceptors (Lipinski definition) is 3. The maximum absolute atomic E-state index is 14.6. The van der Waals surface area contributed by atoms with E-state index in [9.17, 15) is 9.18 Å². The van der Waals surface area contributed by atoms with Crippen LogP contribution in [0.4, 0.5) is 4.39 Å². The zero-order valence-electron chi connectivity index (χ0n) is 15.4. The van der Waals surface area contributed by atoms with Gasteiger partial charge >= 0.3 is 5.63 Å². The highest BCUT2D eigenvalue weighted by molar-refractivity contribution is 5.83. The van der Waals surface area contributed by atoms with Crippen molar-refractivity contribution in [2.45, 2.75) is 51.9 Å². The summed E-state index contributed by atoms with van der Waals surface area (Å²) in [6.45, 7) is 6.14. The van der Waals surface area contributed by atoms with Gasteiger partial charge < -0.3 is 9.15 Å². The molecule has 0 aliphatic rings. The summed E-state index contributed by atoms with van der Waals surface area (Å²) in [5.74, 6) is 0.0451. The van der Waals surface area contributed by atoms with Gasteiger partial charge in [-0.15, -0.1) is 6.58 Å². The Morgan fingerprint density at radius 1 is 1.19 bits per heavy atom. The molecule has 0 spiro atoms. The minimum atomic E-state index is -0.646. The third kappa shape index (κ3) is 5.58. The first kappa shape index (κ1) is 20.0. The molecule has 0 amide bonds. The molecular weight excluding hydrogens is 331 g/mol. The van der Waals surface area contributed by atoms with Crippen molar-refractivity contribution in [2.75, 3.05) is 6.61 Å². The molecule has 0 saturated carbocycles. The molecule has 1 aromatic heterocycles. The van der Waals surface area contributed by atoms with Crippen LogP contribution in [0, 0.1) is 5.82 Å². The minimum absolute atomic E-state index is 0.0386. The lowest BCUT2D eigenvalue weighted by Gasteiger charge is -2.08. The van der Waals surface area contributed by atoms with Crippen molar-refractivity contribution in [1.29, 1.82) is 0 Å². The molecule has 0 unspecified atom stereocenters. The zero-order valence-corrected chi connectivity index (χ0v) is 15.4. The van der Waals surface area contributed by atoms with E-state index >= 15 is 0 Å². The summed E-state index contributed by atoms with van der Waals surface area (Å²) in [5.41, 5.74) is -0.638. The van der Waals surface area contributed by atoms with Crippen LogP contribution < -0.4 is 10.4 Å². The second-order valence-corrected chi connectivity index (χ2v) is 6.27. The largest absolute Gasteiger partial charge is 0.490 e. The fourth-order valence-corrected chi connectivity index (χ4v) is 2.74. The standard InChI is InChI=1S/C22H27FO3/c1-3-5-7-8-9-11-15-25-19-14-13-17-16-18(12-10-6-4-2)26-22(24)20(17)21(19)23/h3,8-9,13-14,16H,1,4-7,10-12,15H2,2H3/b9-8+. The quantitative estimate of drug-likeness (QED) is 0.368. The Balaban J connectivity index is 2.06. The van der Waals surface area contributed by atoms with Gasteiger partial charge in [0.05, 0.1) is 6.61 Å². The summed E-state index contributed by atoms with van der Waals surface area (Å²) in [5, 5.41) is 0.519. The van der Waals surface area contributed by atoms with Gasteiger partial charge in [-0.3, -0.25) is 0 Å². The number of ether oxygens (including phenoxy) is 1. The van der Waals surface area contributed by atoms with Gasteiger partial charge in [0.25, 0.3) is 0 Å². The van der Waals surface area contributed by atoms with Gasteiger partial charge in [-0.25, -0.2) is 9.18 Å². The summed E-state index contributed by atoms with van der Waals surface area (Å²) < 4.78 is 25.4. The number of hydrogen-bond donors (Lipinski definition) is 0. The predicted octanol–water partition coefficient (Wildman–Crippen LogP) is 5.96. The molecule has 3 nitrogen and oxygen atoms in total.